The highest BCUT2D eigenvalue weighted by Crippen LogP contribution is 2.39. The van der Waals surface area contributed by atoms with Gasteiger partial charge in [-0.25, -0.2) is 9.59 Å². The molecule has 0 atom stereocenters. The van der Waals surface area contributed by atoms with E-state index in [0.29, 0.717) is 5.56 Å². The smallest absolute Gasteiger partial charge is 0.417 e. The molecule has 2 rings (SSSR count). The Hall–Kier alpha value is -3.03. The van der Waals surface area contributed by atoms with Crippen LogP contribution in [0.15, 0.2) is 42.5 Å². The first-order valence-corrected chi connectivity index (χ1v) is 9.36. The molecule has 0 radical (unpaired) electrons. The van der Waals surface area contributed by atoms with Crippen molar-refractivity contribution < 1.29 is 32.2 Å². The maximum Gasteiger partial charge on any atom is 0.417 e. The van der Waals surface area contributed by atoms with Crippen LogP contribution in [-0.4, -0.2) is 24.3 Å². The quantitative estimate of drug-likeness (QED) is 0.638. The van der Waals surface area contributed by atoms with Crippen molar-refractivity contribution in [1.29, 1.82) is 0 Å². The summed E-state index contributed by atoms with van der Waals surface area (Å²) in [6.07, 6.45) is -5.48. The highest BCUT2D eigenvalue weighted by molar-refractivity contribution is 5.93. The van der Waals surface area contributed by atoms with E-state index in [1.165, 1.54) is 12.1 Å². The first-order chi connectivity index (χ1) is 13.9. The summed E-state index contributed by atoms with van der Waals surface area (Å²) < 4.78 is 51.5. The van der Waals surface area contributed by atoms with Crippen molar-refractivity contribution in [2.45, 2.75) is 46.0 Å². The second kappa shape index (κ2) is 9.19. The van der Waals surface area contributed by atoms with Crippen molar-refractivity contribution in [1.82, 2.24) is 5.32 Å². The number of hydrogen-bond donors (Lipinski definition) is 1. The molecule has 1 N–H and O–H groups in total. The number of esters is 1. The zero-order chi connectivity index (χ0) is 22.5. The largest absolute Gasteiger partial charge is 0.462 e. The number of carbonyl (C=O) groups is 2. The maximum atomic E-state index is 13.8. The van der Waals surface area contributed by atoms with Crippen LogP contribution >= 0.6 is 0 Å². The lowest BCUT2D eigenvalue weighted by molar-refractivity contribution is -0.137. The number of ether oxygens (including phenoxy) is 2. The number of nitrogens with one attached hydrogen (secondary N) is 1. The van der Waals surface area contributed by atoms with Gasteiger partial charge in [0.05, 0.1) is 17.7 Å². The average Bonchev–Trinajstić information content (AvgIpc) is 2.64. The van der Waals surface area contributed by atoms with Crippen LogP contribution < -0.4 is 5.32 Å². The van der Waals surface area contributed by atoms with Gasteiger partial charge in [0, 0.05) is 6.54 Å². The van der Waals surface area contributed by atoms with Gasteiger partial charge >= 0.3 is 18.2 Å². The van der Waals surface area contributed by atoms with Crippen molar-refractivity contribution in [2.24, 2.45) is 0 Å². The first-order valence-electron chi connectivity index (χ1n) is 9.36. The van der Waals surface area contributed by atoms with Gasteiger partial charge in [0.2, 0.25) is 0 Å². The number of amides is 1. The molecule has 162 valence electrons. The Labute approximate surface area is 173 Å². The van der Waals surface area contributed by atoms with Crippen LogP contribution in [0, 0.1) is 0 Å². The number of alkyl halides is 3. The normalized spacial score (nSPS) is 11.7. The summed E-state index contributed by atoms with van der Waals surface area (Å²) in [6, 6.07) is 9.97. The fourth-order valence-electron chi connectivity index (χ4n) is 2.76. The Morgan fingerprint density at radius 3 is 2.20 bits per heavy atom. The highest BCUT2D eigenvalue weighted by atomic mass is 19.4. The Morgan fingerprint density at radius 2 is 1.67 bits per heavy atom. The van der Waals surface area contributed by atoms with Crippen LogP contribution in [0.2, 0.25) is 0 Å². The highest BCUT2D eigenvalue weighted by Gasteiger charge is 2.35. The minimum Gasteiger partial charge on any atom is -0.462 e. The number of carbonyl (C=O) groups excluding carboxylic acids is 2. The van der Waals surface area contributed by atoms with Gasteiger partial charge in [0.25, 0.3) is 0 Å². The second-order valence-corrected chi connectivity index (χ2v) is 7.49. The van der Waals surface area contributed by atoms with Crippen LogP contribution in [0.3, 0.4) is 0 Å². The van der Waals surface area contributed by atoms with E-state index in [2.05, 4.69) is 5.32 Å². The third-order valence-corrected chi connectivity index (χ3v) is 3.95. The lowest BCUT2D eigenvalue weighted by Crippen LogP contribution is -2.32. The molecule has 0 aliphatic rings. The van der Waals surface area contributed by atoms with Gasteiger partial charge in [-0.05, 0) is 56.5 Å². The molecule has 1 amide bonds. The third-order valence-electron chi connectivity index (χ3n) is 3.95. The lowest BCUT2D eigenvalue weighted by Gasteiger charge is -2.21. The van der Waals surface area contributed by atoms with Crippen molar-refractivity contribution in [2.75, 3.05) is 6.61 Å². The van der Waals surface area contributed by atoms with Crippen molar-refractivity contribution in [3.63, 3.8) is 0 Å². The Balaban J connectivity index is 2.54. The number of benzene rings is 2. The second-order valence-electron chi connectivity index (χ2n) is 7.49. The van der Waals surface area contributed by atoms with E-state index in [9.17, 15) is 22.8 Å². The monoisotopic (exact) mass is 423 g/mol. The predicted octanol–water partition coefficient (Wildman–Crippen LogP) is 5.57. The zero-order valence-electron chi connectivity index (χ0n) is 17.2. The van der Waals surface area contributed by atoms with Crippen LogP contribution in [0.4, 0.5) is 18.0 Å². The lowest BCUT2D eigenvalue weighted by atomic mass is 9.93. The summed E-state index contributed by atoms with van der Waals surface area (Å²) in [5, 5.41) is 2.39. The van der Waals surface area contributed by atoms with Gasteiger partial charge < -0.3 is 14.8 Å². The van der Waals surface area contributed by atoms with Crippen LogP contribution in [0.1, 0.15) is 49.2 Å². The van der Waals surface area contributed by atoms with Gasteiger partial charge in [-0.2, -0.15) is 13.2 Å². The van der Waals surface area contributed by atoms with Gasteiger partial charge in [-0.15, -0.1) is 0 Å². The Bertz CT molecular complexity index is 903. The number of alkyl carbamates (subject to hydrolysis) is 1. The van der Waals surface area contributed by atoms with E-state index in [0.717, 1.165) is 12.1 Å². The maximum absolute atomic E-state index is 13.8. The van der Waals surface area contributed by atoms with Gasteiger partial charge in [-0.3, -0.25) is 0 Å². The molecule has 0 heterocycles. The summed E-state index contributed by atoms with van der Waals surface area (Å²) in [7, 11) is 0. The molecule has 0 saturated carbocycles. The van der Waals surface area contributed by atoms with Crippen molar-refractivity contribution in [3.05, 3.63) is 59.2 Å². The first kappa shape index (κ1) is 23.3. The molecule has 0 aliphatic heterocycles. The number of rotatable bonds is 5. The zero-order valence-corrected chi connectivity index (χ0v) is 17.2. The van der Waals surface area contributed by atoms with E-state index in [1.54, 1.807) is 45.9 Å². The van der Waals surface area contributed by atoms with Crippen LogP contribution in [-0.2, 0) is 22.2 Å². The fraction of sp³-hybridized carbons (Fsp3) is 0.364. The Kier molecular flexibility index (Phi) is 7.12. The number of halogens is 3. The average molecular weight is 423 g/mol. The molecule has 0 unspecified atom stereocenters. The molecule has 0 fully saturated rings. The topological polar surface area (TPSA) is 64.6 Å². The van der Waals surface area contributed by atoms with Crippen molar-refractivity contribution >= 4 is 12.1 Å². The molecule has 0 aliphatic carbocycles. The molecule has 0 saturated heterocycles. The molecule has 0 aromatic heterocycles. The molecule has 8 heteroatoms. The summed E-state index contributed by atoms with van der Waals surface area (Å²) in [4.78, 5) is 24.4. The van der Waals surface area contributed by atoms with Crippen LogP contribution in [0.25, 0.3) is 11.1 Å². The van der Waals surface area contributed by atoms with E-state index >= 15 is 0 Å². The number of hydrogen-bond acceptors (Lipinski definition) is 4. The molecular formula is C22H24F3NO4. The van der Waals surface area contributed by atoms with Gasteiger partial charge in [0.15, 0.2) is 0 Å². The SMILES string of the molecule is CCOC(=O)c1cc(-c2ccccc2)c(C(F)(F)F)cc1CNC(=O)OC(C)(C)C. The molecular weight excluding hydrogens is 399 g/mol. The molecule has 0 bridgehead atoms. The van der Waals surface area contributed by atoms with E-state index in [1.807, 2.05) is 0 Å². The fourth-order valence-corrected chi connectivity index (χ4v) is 2.76. The Morgan fingerprint density at radius 1 is 1.03 bits per heavy atom. The summed E-state index contributed by atoms with van der Waals surface area (Å²) in [6.45, 7) is 6.30. The minimum atomic E-state index is -4.67. The van der Waals surface area contributed by atoms with Crippen molar-refractivity contribution in [3.8, 4) is 11.1 Å². The van der Waals surface area contributed by atoms with Crippen LogP contribution in [0.5, 0.6) is 0 Å². The summed E-state index contributed by atoms with van der Waals surface area (Å²) in [5.41, 5.74) is -1.61. The summed E-state index contributed by atoms with van der Waals surface area (Å²) >= 11 is 0. The van der Waals surface area contributed by atoms with E-state index in [4.69, 9.17) is 9.47 Å². The van der Waals surface area contributed by atoms with E-state index in [-0.39, 0.29) is 29.8 Å². The summed E-state index contributed by atoms with van der Waals surface area (Å²) in [5.74, 6) is -0.774. The van der Waals surface area contributed by atoms with Gasteiger partial charge in [0.1, 0.15) is 5.60 Å². The van der Waals surface area contributed by atoms with Gasteiger partial charge in [-0.1, -0.05) is 30.3 Å². The predicted molar refractivity (Wildman–Crippen MR) is 106 cm³/mol. The molecule has 0 spiro atoms. The standard InChI is InChI=1S/C22H24F3NO4/c1-5-29-19(27)17-12-16(14-9-7-6-8-10-14)18(22(23,24)25)11-15(17)13-26-20(28)30-21(2,3)4/h6-12H,5,13H2,1-4H3,(H,26,28). The molecule has 30 heavy (non-hydrogen) atoms. The molecule has 2 aromatic carbocycles. The molecule has 5 nitrogen and oxygen atoms in total. The van der Waals surface area contributed by atoms with E-state index < -0.39 is 29.4 Å². The third kappa shape index (κ3) is 6.23. The minimum absolute atomic E-state index is 0.0219. The molecule has 2 aromatic rings.